The van der Waals surface area contributed by atoms with Crippen LogP contribution >= 0.6 is 0 Å². The lowest BCUT2D eigenvalue weighted by Gasteiger charge is -2.28. The lowest BCUT2D eigenvalue weighted by Crippen LogP contribution is -2.33. The molecule has 1 atom stereocenters. The predicted octanol–water partition coefficient (Wildman–Crippen LogP) is 2.69. The molecule has 0 fully saturated rings. The summed E-state index contributed by atoms with van der Waals surface area (Å²) in [5, 5.41) is 13.8. The average Bonchev–Trinajstić information content (AvgIpc) is 2.66. The van der Waals surface area contributed by atoms with Gasteiger partial charge in [0.2, 0.25) is 0 Å². The normalized spacial score (nSPS) is 14.0. The molecule has 0 bridgehead atoms. The molecule has 6 nitrogen and oxygen atoms in total. The monoisotopic (exact) mass is 385 g/mol. The van der Waals surface area contributed by atoms with Gasteiger partial charge in [0, 0.05) is 23.6 Å². The van der Waals surface area contributed by atoms with Gasteiger partial charge in [0.05, 0.1) is 17.0 Å². The molecule has 7 heteroatoms. The quantitative estimate of drug-likeness (QED) is 0.650. The Morgan fingerprint density at radius 3 is 2.52 bits per heavy atom. The Bertz CT molecular complexity index is 1040. The molecular weight excluding hydrogens is 362 g/mol. The van der Waals surface area contributed by atoms with E-state index >= 15 is 0 Å². The van der Waals surface area contributed by atoms with Gasteiger partial charge in [-0.2, -0.15) is 0 Å². The van der Waals surface area contributed by atoms with Gasteiger partial charge in [0.25, 0.3) is 0 Å². The highest BCUT2D eigenvalue weighted by atomic mass is 32.2. The zero-order chi connectivity index (χ0) is 19.5. The third kappa shape index (κ3) is 4.61. The zero-order valence-corrected chi connectivity index (χ0v) is 16.2. The number of fused-ring (bicyclic) bond motifs is 1. The second kappa shape index (κ2) is 7.62. The molecule has 0 radical (unpaired) electrons. The maximum absolute atomic E-state index is 11.9. The molecule has 0 aliphatic heterocycles. The van der Waals surface area contributed by atoms with E-state index in [1.54, 1.807) is 18.2 Å². The number of benzene rings is 2. The number of nitrogens with one attached hydrogen (secondary N) is 1. The van der Waals surface area contributed by atoms with Crippen LogP contribution in [-0.2, 0) is 16.3 Å². The van der Waals surface area contributed by atoms with E-state index in [9.17, 15) is 13.5 Å². The van der Waals surface area contributed by atoms with Gasteiger partial charge >= 0.3 is 0 Å². The molecule has 1 unspecified atom stereocenters. The van der Waals surface area contributed by atoms with Crippen LogP contribution in [0.4, 0.5) is 5.82 Å². The van der Waals surface area contributed by atoms with Gasteiger partial charge in [-0.1, -0.05) is 37.3 Å². The highest BCUT2D eigenvalue weighted by Gasteiger charge is 2.24. The van der Waals surface area contributed by atoms with Gasteiger partial charge in [0.15, 0.2) is 9.84 Å². The highest BCUT2D eigenvalue weighted by molar-refractivity contribution is 7.90. The topological polar surface area (TPSA) is 92.2 Å². The van der Waals surface area contributed by atoms with Crippen molar-refractivity contribution in [3.8, 4) is 0 Å². The number of hydrogen-bond acceptors (Lipinski definition) is 6. The van der Waals surface area contributed by atoms with Crippen molar-refractivity contribution in [2.24, 2.45) is 5.41 Å². The lowest BCUT2D eigenvalue weighted by molar-refractivity contribution is 0.153. The molecule has 0 aliphatic carbocycles. The van der Waals surface area contributed by atoms with E-state index in [1.807, 2.05) is 37.3 Å². The number of rotatable bonds is 7. The van der Waals surface area contributed by atoms with Gasteiger partial charge in [-0.05, 0) is 30.2 Å². The summed E-state index contributed by atoms with van der Waals surface area (Å²) in [6, 6.07) is 14.8. The van der Waals surface area contributed by atoms with Crippen LogP contribution in [0, 0.1) is 5.41 Å². The number of hydrogen-bond donors (Lipinski definition) is 2. The highest BCUT2D eigenvalue weighted by Crippen LogP contribution is 2.26. The maximum atomic E-state index is 11.9. The van der Waals surface area contributed by atoms with E-state index in [4.69, 9.17) is 0 Å². The summed E-state index contributed by atoms with van der Waals surface area (Å²) in [5.41, 5.74) is 1.41. The van der Waals surface area contributed by atoms with Crippen LogP contribution in [0.1, 0.15) is 12.5 Å². The van der Waals surface area contributed by atoms with Crippen molar-refractivity contribution in [3.63, 3.8) is 0 Å². The van der Waals surface area contributed by atoms with E-state index in [2.05, 4.69) is 15.3 Å². The Hall–Kier alpha value is -2.51. The molecule has 3 rings (SSSR count). The van der Waals surface area contributed by atoms with E-state index in [-0.39, 0.29) is 11.5 Å². The molecule has 27 heavy (non-hydrogen) atoms. The third-order valence-corrected chi connectivity index (χ3v) is 5.68. The molecule has 0 spiro atoms. The van der Waals surface area contributed by atoms with Crippen LogP contribution in [0.15, 0.2) is 59.8 Å². The van der Waals surface area contributed by atoms with Gasteiger partial charge in [-0.3, -0.25) is 0 Å². The first-order valence-corrected chi connectivity index (χ1v) is 10.5. The molecule has 3 aromatic rings. The van der Waals surface area contributed by atoms with Crippen molar-refractivity contribution in [1.29, 1.82) is 0 Å². The standard InChI is InChI=1S/C20H23N3O3S/c1-20(13-24,11-15-6-4-3-5-7-15)12-21-19-17-10-16(27(2,25)26)8-9-18(17)22-14-23-19/h3-10,14,24H,11-13H2,1-2H3,(H,21,22,23). The van der Waals surface area contributed by atoms with Crippen molar-refractivity contribution in [1.82, 2.24) is 9.97 Å². The van der Waals surface area contributed by atoms with Crippen molar-refractivity contribution >= 4 is 26.6 Å². The molecule has 2 N–H and O–H groups in total. The van der Waals surface area contributed by atoms with E-state index in [0.29, 0.717) is 29.7 Å². The number of aliphatic hydroxyl groups excluding tert-OH is 1. The minimum absolute atomic E-state index is 0.00645. The van der Waals surface area contributed by atoms with Gasteiger partial charge < -0.3 is 10.4 Å². The van der Waals surface area contributed by atoms with E-state index in [0.717, 1.165) is 5.56 Å². The van der Waals surface area contributed by atoms with Crippen LogP contribution in [0.3, 0.4) is 0 Å². The number of aromatic nitrogens is 2. The molecule has 1 aromatic heterocycles. The molecular formula is C20H23N3O3S. The Morgan fingerprint density at radius 1 is 1.11 bits per heavy atom. The fourth-order valence-electron chi connectivity index (χ4n) is 2.97. The SMILES string of the molecule is CC(CO)(CNc1ncnc2ccc(S(C)(=O)=O)cc12)Cc1ccccc1. The predicted molar refractivity (Wildman–Crippen MR) is 106 cm³/mol. The van der Waals surface area contributed by atoms with Crippen LogP contribution in [-0.4, -0.2) is 42.9 Å². The second-order valence-electron chi connectivity index (χ2n) is 7.16. The number of aliphatic hydroxyl groups is 1. The van der Waals surface area contributed by atoms with Crippen LogP contribution < -0.4 is 5.32 Å². The fourth-order valence-corrected chi connectivity index (χ4v) is 3.61. The molecule has 0 aliphatic rings. The minimum atomic E-state index is -3.32. The Morgan fingerprint density at radius 2 is 1.85 bits per heavy atom. The number of anilines is 1. The van der Waals surface area contributed by atoms with Gasteiger partial charge in [-0.25, -0.2) is 18.4 Å². The summed E-state index contributed by atoms with van der Waals surface area (Å²) < 4.78 is 23.7. The zero-order valence-electron chi connectivity index (χ0n) is 15.4. The molecule has 0 saturated heterocycles. The third-order valence-electron chi connectivity index (χ3n) is 4.57. The molecule has 0 amide bonds. The number of sulfone groups is 1. The molecule has 1 heterocycles. The lowest BCUT2D eigenvalue weighted by atomic mass is 9.84. The Labute approximate surface area is 159 Å². The van der Waals surface area contributed by atoms with Gasteiger partial charge in [0.1, 0.15) is 12.1 Å². The smallest absolute Gasteiger partial charge is 0.175 e. The Balaban J connectivity index is 1.87. The van der Waals surface area contributed by atoms with Crippen LogP contribution in [0.2, 0.25) is 0 Å². The maximum Gasteiger partial charge on any atom is 0.175 e. The summed E-state index contributed by atoms with van der Waals surface area (Å²) in [5.74, 6) is 0.554. The van der Waals surface area contributed by atoms with Crippen molar-refractivity contribution in [2.45, 2.75) is 18.2 Å². The molecule has 142 valence electrons. The van der Waals surface area contributed by atoms with Crippen molar-refractivity contribution in [2.75, 3.05) is 24.7 Å². The van der Waals surface area contributed by atoms with E-state index < -0.39 is 15.3 Å². The first-order valence-electron chi connectivity index (χ1n) is 8.64. The summed E-state index contributed by atoms with van der Waals surface area (Å²) >= 11 is 0. The van der Waals surface area contributed by atoms with Gasteiger partial charge in [-0.15, -0.1) is 0 Å². The van der Waals surface area contributed by atoms with Crippen molar-refractivity contribution in [3.05, 3.63) is 60.4 Å². The number of nitrogens with zero attached hydrogens (tertiary/aromatic N) is 2. The largest absolute Gasteiger partial charge is 0.396 e. The summed E-state index contributed by atoms with van der Waals surface area (Å²) in [7, 11) is -3.32. The Kier molecular flexibility index (Phi) is 5.43. The van der Waals surface area contributed by atoms with Crippen LogP contribution in [0.5, 0.6) is 0 Å². The van der Waals surface area contributed by atoms with Crippen LogP contribution in [0.25, 0.3) is 10.9 Å². The summed E-state index contributed by atoms with van der Waals surface area (Å²) in [4.78, 5) is 8.70. The minimum Gasteiger partial charge on any atom is -0.396 e. The summed E-state index contributed by atoms with van der Waals surface area (Å²) in [6.07, 6.45) is 3.32. The second-order valence-corrected chi connectivity index (χ2v) is 9.17. The average molecular weight is 385 g/mol. The summed E-state index contributed by atoms with van der Waals surface area (Å²) in [6.45, 7) is 2.48. The van der Waals surface area contributed by atoms with E-state index in [1.165, 1.54) is 12.6 Å². The fraction of sp³-hybridized carbons (Fsp3) is 0.300. The molecule has 2 aromatic carbocycles. The first-order chi connectivity index (χ1) is 12.8. The van der Waals surface area contributed by atoms with Crippen molar-refractivity contribution < 1.29 is 13.5 Å². The molecule has 0 saturated carbocycles. The first kappa shape index (κ1) is 19.3.